The molecule has 1 aliphatic heterocycles. The monoisotopic (exact) mass is 283 g/mol. The molecule has 100 valence electrons. The second kappa shape index (κ2) is 5.27. The van der Waals surface area contributed by atoms with Gasteiger partial charge >= 0.3 is 11.7 Å². The minimum Gasteiger partial charge on any atom is -0.486 e. The summed E-state index contributed by atoms with van der Waals surface area (Å²) in [7, 11) is 0. The van der Waals surface area contributed by atoms with Gasteiger partial charge in [0, 0.05) is 28.6 Å². The highest BCUT2D eigenvalue weighted by molar-refractivity contribution is 6.31. The lowest BCUT2D eigenvalue weighted by atomic mass is 9.95. The number of carboxylic acids is 1. The van der Waals surface area contributed by atoms with E-state index in [2.05, 4.69) is 0 Å². The van der Waals surface area contributed by atoms with Gasteiger partial charge in [-0.1, -0.05) is 17.7 Å². The van der Waals surface area contributed by atoms with E-state index in [4.69, 9.17) is 21.4 Å². The van der Waals surface area contributed by atoms with Crippen LogP contribution in [-0.2, 0) is 11.2 Å². The summed E-state index contributed by atoms with van der Waals surface area (Å²) < 4.78 is 5.37. The molecule has 1 aliphatic rings. The van der Waals surface area contributed by atoms with Crippen molar-refractivity contribution in [2.45, 2.75) is 6.42 Å². The Labute approximate surface area is 113 Å². The van der Waals surface area contributed by atoms with Gasteiger partial charge < -0.3 is 9.84 Å². The maximum Gasteiger partial charge on any atom is 0.327 e. The van der Waals surface area contributed by atoms with Crippen LogP contribution in [0.15, 0.2) is 24.3 Å². The summed E-state index contributed by atoms with van der Waals surface area (Å²) in [5.41, 5.74) is 0.452. The number of nitro benzene ring substituents is 1. The van der Waals surface area contributed by atoms with Gasteiger partial charge in [-0.25, -0.2) is 4.79 Å². The average Bonchev–Trinajstić information content (AvgIpc) is 2.34. The molecule has 0 amide bonds. The van der Waals surface area contributed by atoms with Crippen molar-refractivity contribution in [1.82, 2.24) is 0 Å². The molecule has 6 nitrogen and oxygen atoms in total. The first-order chi connectivity index (χ1) is 8.97. The smallest absolute Gasteiger partial charge is 0.327 e. The highest BCUT2D eigenvalue weighted by Crippen LogP contribution is 2.38. The number of fused-ring (bicyclic) bond motifs is 1. The fourth-order valence-corrected chi connectivity index (χ4v) is 2.20. The van der Waals surface area contributed by atoms with Crippen LogP contribution in [0.1, 0.15) is 5.56 Å². The van der Waals surface area contributed by atoms with Gasteiger partial charge in [0.1, 0.15) is 0 Å². The molecule has 0 radical (unpaired) electrons. The van der Waals surface area contributed by atoms with Crippen molar-refractivity contribution in [3.8, 4) is 5.75 Å². The fourth-order valence-electron chi connectivity index (χ4n) is 1.96. The second-order valence-corrected chi connectivity index (χ2v) is 4.58. The number of rotatable bonds is 3. The van der Waals surface area contributed by atoms with E-state index >= 15 is 0 Å². The van der Waals surface area contributed by atoms with E-state index < -0.39 is 10.9 Å². The van der Waals surface area contributed by atoms with Gasteiger partial charge in [0.25, 0.3) is 0 Å². The fraction of sp³-hybridized carbons (Fsp3) is 0.250. The number of halogens is 1. The molecular formula is C12H10ClNO5. The van der Waals surface area contributed by atoms with E-state index in [-0.39, 0.29) is 29.0 Å². The summed E-state index contributed by atoms with van der Waals surface area (Å²) in [5, 5.41) is 19.7. The number of carboxylic acid groups (broad SMARTS) is 1. The molecule has 0 spiro atoms. The zero-order valence-electron chi connectivity index (χ0n) is 9.71. The Morgan fingerprint density at radius 1 is 1.58 bits per heavy atom. The second-order valence-electron chi connectivity index (χ2n) is 4.14. The summed E-state index contributed by atoms with van der Waals surface area (Å²) in [6.45, 7) is 0.208. The first kappa shape index (κ1) is 13.4. The van der Waals surface area contributed by atoms with Crippen molar-refractivity contribution >= 4 is 23.3 Å². The SMILES string of the molecule is O=C(O)C=CC1COc2c(cc(Cl)cc2[N+](=O)[O-])C1. The van der Waals surface area contributed by atoms with Crippen LogP contribution in [0.5, 0.6) is 5.75 Å². The summed E-state index contributed by atoms with van der Waals surface area (Å²) in [6, 6.07) is 2.85. The molecule has 1 aromatic rings. The largest absolute Gasteiger partial charge is 0.486 e. The number of nitro groups is 1. The molecule has 0 saturated carbocycles. The predicted octanol–water partition coefficient (Wildman–Crippen LogP) is 2.44. The number of benzene rings is 1. The van der Waals surface area contributed by atoms with Gasteiger partial charge in [-0.2, -0.15) is 0 Å². The number of nitrogens with zero attached hydrogens (tertiary/aromatic N) is 1. The van der Waals surface area contributed by atoms with Gasteiger partial charge in [-0.15, -0.1) is 0 Å². The molecule has 0 fully saturated rings. The molecule has 1 aromatic carbocycles. The van der Waals surface area contributed by atoms with Crippen molar-refractivity contribution in [3.05, 3.63) is 45.0 Å². The quantitative estimate of drug-likeness (QED) is 0.523. The van der Waals surface area contributed by atoms with Crippen LogP contribution >= 0.6 is 11.6 Å². The van der Waals surface area contributed by atoms with Gasteiger partial charge in [-0.3, -0.25) is 10.1 Å². The minimum atomic E-state index is -1.04. The topological polar surface area (TPSA) is 89.7 Å². The molecule has 0 bridgehead atoms. The van der Waals surface area contributed by atoms with Crippen molar-refractivity contribution in [2.24, 2.45) is 5.92 Å². The van der Waals surface area contributed by atoms with Crippen LogP contribution in [0.3, 0.4) is 0 Å². The number of aliphatic carboxylic acids is 1. The third-order valence-electron chi connectivity index (χ3n) is 2.74. The molecule has 0 saturated heterocycles. The summed E-state index contributed by atoms with van der Waals surface area (Å²) in [6.07, 6.45) is 3.01. The lowest BCUT2D eigenvalue weighted by Crippen LogP contribution is -2.20. The van der Waals surface area contributed by atoms with E-state index in [1.165, 1.54) is 12.1 Å². The number of hydrogen-bond donors (Lipinski definition) is 1. The lowest BCUT2D eigenvalue weighted by molar-refractivity contribution is -0.386. The Bertz CT molecular complexity index is 569. The molecule has 2 rings (SSSR count). The van der Waals surface area contributed by atoms with Crippen LogP contribution in [0.4, 0.5) is 5.69 Å². The lowest BCUT2D eigenvalue weighted by Gasteiger charge is -2.22. The van der Waals surface area contributed by atoms with E-state index in [9.17, 15) is 14.9 Å². The molecule has 0 aromatic heterocycles. The maximum atomic E-state index is 10.9. The van der Waals surface area contributed by atoms with Crippen molar-refractivity contribution in [1.29, 1.82) is 0 Å². The van der Waals surface area contributed by atoms with Crippen molar-refractivity contribution in [2.75, 3.05) is 6.61 Å². The third kappa shape index (κ3) is 3.03. The van der Waals surface area contributed by atoms with E-state index in [1.807, 2.05) is 0 Å². The molecule has 1 N–H and O–H groups in total. The predicted molar refractivity (Wildman–Crippen MR) is 67.6 cm³/mol. The number of hydrogen-bond acceptors (Lipinski definition) is 4. The van der Waals surface area contributed by atoms with Crippen LogP contribution in [0.2, 0.25) is 5.02 Å². The average molecular weight is 284 g/mol. The standard InChI is InChI=1S/C12H10ClNO5/c13-9-4-8-3-7(1-2-11(15)16)6-19-12(8)10(5-9)14(17)18/h1-2,4-5,7H,3,6H2,(H,15,16). The molecule has 1 atom stereocenters. The Morgan fingerprint density at radius 2 is 2.32 bits per heavy atom. The van der Waals surface area contributed by atoms with Crippen molar-refractivity contribution < 1.29 is 19.6 Å². The molecule has 1 unspecified atom stereocenters. The minimum absolute atomic E-state index is 0.137. The molecule has 19 heavy (non-hydrogen) atoms. The normalized spacial score (nSPS) is 17.8. The first-order valence-corrected chi connectivity index (χ1v) is 5.86. The van der Waals surface area contributed by atoms with Gasteiger partial charge in [0.15, 0.2) is 5.75 Å². The Kier molecular flexibility index (Phi) is 3.71. The number of carbonyl (C=O) groups is 1. The molecular weight excluding hydrogens is 274 g/mol. The Hall–Kier alpha value is -2.08. The summed E-state index contributed by atoms with van der Waals surface area (Å²) in [5.74, 6) is -0.959. The Balaban J connectivity index is 2.30. The molecule has 0 aliphatic carbocycles. The van der Waals surface area contributed by atoms with Crippen LogP contribution < -0.4 is 4.74 Å². The Morgan fingerprint density at radius 3 is 2.95 bits per heavy atom. The third-order valence-corrected chi connectivity index (χ3v) is 2.96. The zero-order chi connectivity index (χ0) is 14.0. The van der Waals surface area contributed by atoms with Crippen LogP contribution in [0.25, 0.3) is 0 Å². The van der Waals surface area contributed by atoms with Crippen molar-refractivity contribution in [3.63, 3.8) is 0 Å². The summed E-state index contributed by atoms with van der Waals surface area (Å²) >= 11 is 5.83. The molecule has 7 heteroatoms. The highest BCUT2D eigenvalue weighted by Gasteiger charge is 2.27. The number of ether oxygens (including phenoxy) is 1. The maximum absolute atomic E-state index is 10.9. The van der Waals surface area contributed by atoms with Gasteiger partial charge in [-0.05, 0) is 12.5 Å². The zero-order valence-corrected chi connectivity index (χ0v) is 10.5. The molecule has 1 heterocycles. The highest BCUT2D eigenvalue weighted by atomic mass is 35.5. The van der Waals surface area contributed by atoms with Crippen LogP contribution in [-0.4, -0.2) is 22.6 Å². The van der Waals surface area contributed by atoms with Gasteiger partial charge in [0.05, 0.1) is 11.5 Å². The van der Waals surface area contributed by atoms with E-state index in [1.54, 1.807) is 6.07 Å². The van der Waals surface area contributed by atoms with Crippen LogP contribution in [0, 0.1) is 16.0 Å². The van der Waals surface area contributed by atoms with Gasteiger partial charge in [0.2, 0.25) is 0 Å². The summed E-state index contributed by atoms with van der Waals surface area (Å²) in [4.78, 5) is 20.8. The van der Waals surface area contributed by atoms with E-state index in [0.717, 1.165) is 6.08 Å². The van der Waals surface area contributed by atoms with E-state index in [0.29, 0.717) is 12.0 Å². The first-order valence-electron chi connectivity index (χ1n) is 5.48.